The molecule has 0 amide bonds. The van der Waals surface area contributed by atoms with E-state index < -0.39 is 6.10 Å². The number of hydrogen-bond acceptors (Lipinski definition) is 6. The lowest BCUT2D eigenvalue weighted by molar-refractivity contribution is 0.00916. The number of aliphatic hydroxyl groups excluding tert-OH is 1. The quantitative estimate of drug-likeness (QED) is 0.814. The second-order valence-electron chi connectivity index (χ2n) is 5.86. The molecule has 1 aromatic heterocycles. The Labute approximate surface area is 151 Å². The maximum absolute atomic E-state index is 10.2. The Morgan fingerprint density at radius 3 is 2.75 bits per heavy atom. The fraction of sp³-hybridized carbons (Fsp3) is 0.471. The highest BCUT2D eigenvalue weighted by Gasteiger charge is 2.20. The Hall–Kier alpha value is -1.18. The third-order valence-electron chi connectivity index (χ3n) is 4.06. The van der Waals surface area contributed by atoms with Gasteiger partial charge in [-0.2, -0.15) is 0 Å². The summed E-state index contributed by atoms with van der Waals surface area (Å²) in [7, 11) is 0. The van der Waals surface area contributed by atoms with Crippen molar-refractivity contribution in [3.05, 3.63) is 46.4 Å². The molecule has 130 valence electrons. The van der Waals surface area contributed by atoms with Crippen LogP contribution in [0.3, 0.4) is 0 Å². The van der Waals surface area contributed by atoms with E-state index in [4.69, 9.17) is 16.3 Å². The van der Waals surface area contributed by atoms with Gasteiger partial charge in [0, 0.05) is 49.3 Å². The van der Waals surface area contributed by atoms with E-state index in [0.717, 1.165) is 36.9 Å². The van der Waals surface area contributed by atoms with Crippen LogP contribution in [-0.4, -0.2) is 60.4 Å². The summed E-state index contributed by atoms with van der Waals surface area (Å²) in [5, 5.41) is 14.0. The van der Waals surface area contributed by atoms with Crippen molar-refractivity contribution in [1.82, 2.24) is 9.88 Å². The molecular formula is C17H22ClN3O2S. The van der Waals surface area contributed by atoms with Gasteiger partial charge in [0.1, 0.15) is 0 Å². The smallest absolute Gasteiger partial charge is 0.185 e. The molecule has 0 bridgehead atoms. The van der Waals surface area contributed by atoms with Gasteiger partial charge >= 0.3 is 0 Å². The predicted octanol–water partition coefficient (Wildman–Crippen LogP) is 2.50. The van der Waals surface area contributed by atoms with E-state index >= 15 is 0 Å². The molecule has 2 heterocycles. The summed E-state index contributed by atoms with van der Waals surface area (Å²) in [4.78, 5) is 8.91. The van der Waals surface area contributed by atoms with Crippen molar-refractivity contribution >= 4 is 28.1 Å². The van der Waals surface area contributed by atoms with Gasteiger partial charge in [-0.25, -0.2) is 4.98 Å². The predicted molar refractivity (Wildman–Crippen MR) is 97.9 cm³/mol. The average Bonchev–Trinajstić information content (AvgIpc) is 3.12. The second-order valence-corrected chi connectivity index (χ2v) is 7.14. The Morgan fingerprint density at radius 1 is 1.25 bits per heavy atom. The molecule has 0 aliphatic carbocycles. The van der Waals surface area contributed by atoms with Crippen LogP contribution in [0.25, 0.3) is 0 Å². The molecular weight excluding hydrogens is 346 g/mol. The summed E-state index contributed by atoms with van der Waals surface area (Å²) in [6.07, 6.45) is 1.35. The fourth-order valence-corrected chi connectivity index (χ4v) is 3.65. The van der Waals surface area contributed by atoms with Crippen molar-refractivity contribution in [2.75, 3.05) is 44.2 Å². The Morgan fingerprint density at radius 2 is 2.04 bits per heavy atom. The molecule has 1 unspecified atom stereocenters. The van der Waals surface area contributed by atoms with Crippen LogP contribution in [0.4, 0.5) is 5.13 Å². The van der Waals surface area contributed by atoms with E-state index in [1.165, 1.54) is 0 Å². The van der Waals surface area contributed by atoms with Crippen LogP contribution in [0.5, 0.6) is 0 Å². The number of aromatic nitrogens is 1. The van der Waals surface area contributed by atoms with Crippen molar-refractivity contribution in [3.8, 4) is 0 Å². The molecule has 0 radical (unpaired) electrons. The van der Waals surface area contributed by atoms with Crippen molar-refractivity contribution in [2.24, 2.45) is 0 Å². The molecule has 0 spiro atoms. The first kappa shape index (κ1) is 17.6. The Balaban J connectivity index is 1.35. The monoisotopic (exact) mass is 367 g/mol. The van der Waals surface area contributed by atoms with Gasteiger partial charge in [-0.1, -0.05) is 29.8 Å². The maximum Gasteiger partial charge on any atom is 0.185 e. The van der Waals surface area contributed by atoms with Gasteiger partial charge in [0.2, 0.25) is 0 Å². The lowest BCUT2D eigenvalue weighted by atomic mass is 10.2. The number of hydrogen-bond donors (Lipinski definition) is 1. The number of halogens is 1. The number of β-amino-alcohol motifs (C(OH)–C–C–N with tert-alkyl or cyclic N) is 1. The highest BCUT2D eigenvalue weighted by Crippen LogP contribution is 2.19. The lowest BCUT2D eigenvalue weighted by Crippen LogP contribution is -2.49. The number of anilines is 1. The highest BCUT2D eigenvalue weighted by atomic mass is 35.5. The minimum absolute atomic E-state index is 0.317. The number of piperazine rings is 1. The summed E-state index contributed by atoms with van der Waals surface area (Å²) >= 11 is 7.76. The van der Waals surface area contributed by atoms with Gasteiger partial charge in [0.15, 0.2) is 5.13 Å². The first-order valence-corrected chi connectivity index (χ1v) is 9.34. The van der Waals surface area contributed by atoms with Crippen molar-refractivity contribution in [1.29, 1.82) is 0 Å². The van der Waals surface area contributed by atoms with Crippen molar-refractivity contribution in [2.45, 2.75) is 12.7 Å². The molecule has 3 rings (SSSR count). The number of thiazole rings is 1. The summed E-state index contributed by atoms with van der Waals surface area (Å²) in [5.74, 6) is 0. The zero-order chi connectivity index (χ0) is 16.8. The second kappa shape index (κ2) is 8.78. The zero-order valence-corrected chi connectivity index (χ0v) is 15.0. The molecule has 1 aliphatic heterocycles. The Bertz CT molecular complexity index is 618. The van der Waals surface area contributed by atoms with Gasteiger partial charge in [-0.05, 0) is 11.6 Å². The Kier molecular flexibility index (Phi) is 6.45. The van der Waals surface area contributed by atoms with E-state index in [1.54, 1.807) is 11.3 Å². The van der Waals surface area contributed by atoms with E-state index in [9.17, 15) is 5.11 Å². The molecule has 0 saturated carbocycles. The van der Waals surface area contributed by atoms with E-state index in [1.807, 2.05) is 35.8 Å². The van der Waals surface area contributed by atoms with Crippen molar-refractivity contribution in [3.63, 3.8) is 0 Å². The molecule has 24 heavy (non-hydrogen) atoms. The summed E-state index contributed by atoms with van der Waals surface area (Å²) in [6.45, 7) is 5.13. The topological polar surface area (TPSA) is 48.8 Å². The summed E-state index contributed by atoms with van der Waals surface area (Å²) in [6, 6.07) is 7.61. The maximum atomic E-state index is 10.2. The van der Waals surface area contributed by atoms with Crippen LogP contribution in [0.15, 0.2) is 35.8 Å². The van der Waals surface area contributed by atoms with Crippen molar-refractivity contribution < 1.29 is 9.84 Å². The number of nitrogens with zero attached hydrogens (tertiary/aromatic N) is 3. The first-order chi connectivity index (χ1) is 11.7. The lowest BCUT2D eigenvalue weighted by Gasteiger charge is -2.35. The molecule has 7 heteroatoms. The van der Waals surface area contributed by atoms with Gasteiger partial charge < -0.3 is 14.7 Å². The van der Waals surface area contributed by atoms with Crippen LogP contribution in [0.2, 0.25) is 5.02 Å². The average molecular weight is 368 g/mol. The molecule has 1 atom stereocenters. The SMILES string of the molecule is OC(COCc1ccccc1Cl)CN1CCN(c2nccs2)CC1. The van der Waals surface area contributed by atoms with Crippen LogP contribution in [-0.2, 0) is 11.3 Å². The van der Waals surface area contributed by atoms with Gasteiger partial charge in [0.05, 0.1) is 19.3 Å². The largest absolute Gasteiger partial charge is 0.389 e. The number of benzene rings is 1. The number of ether oxygens (including phenoxy) is 1. The number of aliphatic hydroxyl groups is 1. The third kappa shape index (κ3) is 4.91. The van der Waals surface area contributed by atoms with E-state index in [-0.39, 0.29) is 0 Å². The summed E-state index contributed by atoms with van der Waals surface area (Å²) in [5.41, 5.74) is 0.948. The van der Waals surface area contributed by atoms with Crippen LogP contribution in [0.1, 0.15) is 5.56 Å². The zero-order valence-electron chi connectivity index (χ0n) is 13.5. The van der Waals surface area contributed by atoms with Crippen LogP contribution in [0, 0.1) is 0 Å². The highest BCUT2D eigenvalue weighted by molar-refractivity contribution is 7.13. The normalized spacial score (nSPS) is 17.2. The minimum Gasteiger partial charge on any atom is -0.389 e. The standard InChI is InChI=1S/C17H22ClN3O2S/c18-16-4-2-1-3-14(16)12-23-13-15(22)11-20-6-8-21(9-7-20)17-19-5-10-24-17/h1-5,10,15,22H,6-9,11-13H2. The first-order valence-electron chi connectivity index (χ1n) is 8.08. The molecule has 1 fully saturated rings. The minimum atomic E-state index is -0.487. The summed E-state index contributed by atoms with van der Waals surface area (Å²) < 4.78 is 5.60. The van der Waals surface area contributed by atoms with E-state index in [0.29, 0.717) is 24.8 Å². The van der Waals surface area contributed by atoms with Gasteiger partial charge in [-0.3, -0.25) is 4.90 Å². The molecule has 5 nitrogen and oxygen atoms in total. The number of rotatable bonds is 7. The molecule has 1 aliphatic rings. The molecule has 2 aromatic rings. The van der Waals surface area contributed by atoms with Crippen LogP contribution >= 0.6 is 22.9 Å². The van der Waals surface area contributed by atoms with E-state index in [2.05, 4.69) is 14.8 Å². The van der Waals surface area contributed by atoms with Gasteiger partial charge in [-0.15, -0.1) is 11.3 Å². The molecule has 1 N–H and O–H groups in total. The van der Waals surface area contributed by atoms with Gasteiger partial charge in [0.25, 0.3) is 0 Å². The third-order valence-corrected chi connectivity index (χ3v) is 5.26. The molecule has 1 saturated heterocycles. The molecule has 1 aromatic carbocycles. The van der Waals surface area contributed by atoms with Crippen LogP contribution < -0.4 is 4.90 Å². The fourth-order valence-electron chi connectivity index (χ4n) is 2.76.